The first-order chi connectivity index (χ1) is 9.34. The van der Waals surface area contributed by atoms with Gasteiger partial charge in [-0.1, -0.05) is 6.07 Å². The Morgan fingerprint density at radius 1 is 1.20 bits per heavy atom. The fourth-order valence-electron chi connectivity index (χ4n) is 2.24. The van der Waals surface area contributed by atoms with E-state index in [4.69, 9.17) is 14.6 Å². The molecule has 102 valence electrons. The van der Waals surface area contributed by atoms with E-state index in [1.54, 1.807) is 12.1 Å². The monoisotopic (exact) mass is 269 g/mol. The highest BCUT2D eigenvalue weighted by molar-refractivity contribution is 6.64. The molecule has 0 radical (unpaired) electrons. The van der Waals surface area contributed by atoms with E-state index in [2.05, 4.69) is 16.3 Å². The first kappa shape index (κ1) is 13.2. The minimum absolute atomic E-state index is 0.387. The maximum absolute atomic E-state index is 8.92. The first-order valence-electron chi connectivity index (χ1n) is 6.58. The zero-order chi connectivity index (χ0) is 14.5. The molecule has 1 saturated heterocycles. The van der Waals surface area contributed by atoms with E-state index in [-0.39, 0.29) is 11.2 Å². The van der Waals surface area contributed by atoms with Gasteiger partial charge in [0.25, 0.3) is 0 Å². The van der Waals surface area contributed by atoms with Crippen LogP contribution in [0.2, 0.25) is 0 Å². The van der Waals surface area contributed by atoms with Crippen LogP contribution in [0.25, 0.3) is 10.9 Å². The summed E-state index contributed by atoms with van der Waals surface area (Å²) >= 11 is 0. The predicted octanol–water partition coefficient (Wildman–Crippen LogP) is 1.73. The van der Waals surface area contributed by atoms with Gasteiger partial charge < -0.3 is 9.31 Å². The van der Waals surface area contributed by atoms with Crippen LogP contribution in [0.5, 0.6) is 0 Å². The number of fused-ring (bicyclic) bond motifs is 1. The summed E-state index contributed by atoms with van der Waals surface area (Å²) < 4.78 is 12.0. The lowest BCUT2D eigenvalue weighted by Crippen LogP contribution is -2.41. The summed E-state index contributed by atoms with van der Waals surface area (Å²) in [5.41, 5.74) is 1.35. The molecular formula is C14H16BN3O2. The summed E-state index contributed by atoms with van der Waals surface area (Å²) in [7, 11) is -0.474. The predicted molar refractivity (Wildman–Crippen MR) is 76.5 cm³/mol. The molecule has 1 aromatic heterocycles. The second-order valence-corrected chi connectivity index (χ2v) is 6.07. The number of aromatic amines is 1. The standard InChI is InChI=1S/C14H16BN3O2/c1-13(2)14(3,4)20-15(19-13)12-10-6-5-9(8-16)7-11(10)17-18-12/h5-7H,1-4H3,(H,17,18). The number of hydrogen-bond donors (Lipinski definition) is 1. The Hall–Kier alpha value is -1.84. The zero-order valence-electron chi connectivity index (χ0n) is 12.0. The molecule has 1 fully saturated rings. The Kier molecular flexibility index (Phi) is 2.68. The van der Waals surface area contributed by atoms with Crippen LogP contribution in [0.1, 0.15) is 33.3 Å². The van der Waals surface area contributed by atoms with Crippen LogP contribution in [0.15, 0.2) is 18.2 Å². The second-order valence-electron chi connectivity index (χ2n) is 6.07. The smallest absolute Gasteiger partial charge is 0.398 e. The van der Waals surface area contributed by atoms with Crippen molar-refractivity contribution in [2.45, 2.75) is 38.9 Å². The number of benzene rings is 1. The molecule has 1 N–H and O–H groups in total. The van der Waals surface area contributed by atoms with Crippen molar-refractivity contribution < 1.29 is 9.31 Å². The molecule has 0 unspecified atom stereocenters. The summed E-state index contributed by atoms with van der Waals surface area (Å²) in [6.07, 6.45) is 0. The molecule has 0 atom stereocenters. The SMILES string of the molecule is CC1(C)OB(c2[nH]nc3cc(C#N)ccc23)OC1(C)C. The molecule has 0 bridgehead atoms. The zero-order valence-corrected chi connectivity index (χ0v) is 12.0. The van der Waals surface area contributed by atoms with Gasteiger partial charge in [-0.05, 0) is 39.8 Å². The summed E-state index contributed by atoms with van der Waals surface area (Å²) in [6, 6.07) is 7.50. The molecule has 1 aliphatic heterocycles. The molecule has 20 heavy (non-hydrogen) atoms. The highest BCUT2D eigenvalue weighted by atomic mass is 16.7. The minimum atomic E-state index is -0.474. The molecule has 1 aromatic carbocycles. The molecule has 2 aromatic rings. The lowest BCUT2D eigenvalue weighted by Gasteiger charge is -2.32. The van der Waals surface area contributed by atoms with Crippen LogP contribution in [-0.4, -0.2) is 28.5 Å². The van der Waals surface area contributed by atoms with Crippen molar-refractivity contribution in [3.63, 3.8) is 0 Å². The van der Waals surface area contributed by atoms with Crippen molar-refractivity contribution in [2.24, 2.45) is 0 Å². The van der Waals surface area contributed by atoms with E-state index < -0.39 is 7.12 Å². The van der Waals surface area contributed by atoms with Gasteiger partial charge in [-0.25, -0.2) is 0 Å². The van der Waals surface area contributed by atoms with Crippen LogP contribution in [0.3, 0.4) is 0 Å². The van der Waals surface area contributed by atoms with E-state index in [1.165, 1.54) is 0 Å². The third-order valence-electron chi connectivity index (χ3n) is 4.20. The van der Waals surface area contributed by atoms with Crippen molar-refractivity contribution in [3.05, 3.63) is 23.8 Å². The number of nitriles is 1. The largest absolute Gasteiger partial charge is 0.514 e. The van der Waals surface area contributed by atoms with Crippen LogP contribution in [0, 0.1) is 11.3 Å². The Morgan fingerprint density at radius 3 is 2.45 bits per heavy atom. The number of rotatable bonds is 1. The lowest BCUT2D eigenvalue weighted by molar-refractivity contribution is 0.00578. The molecule has 0 aliphatic carbocycles. The summed E-state index contributed by atoms with van der Waals surface area (Å²) in [5.74, 6) is 0. The Morgan fingerprint density at radius 2 is 1.85 bits per heavy atom. The molecule has 0 saturated carbocycles. The second kappa shape index (κ2) is 4.08. The first-order valence-corrected chi connectivity index (χ1v) is 6.58. The maximum Gasteiger partial charge on any atom is 0.514 e. The molecule has 1 aliphatic rings. The molecule has 6 heteroatoms. The number of nitrogens with one attached hydrogen (secondary N) is 1. The normalized spacial score (nSPS) is 20.2. The maximum atomic E-state index is 8.92. The number of aromatic nitrogens is 2. The summed E-state index contributed by atoms with van der Waals surface area (Å²) in [4.78, 5) is 0. The average molecular weight is 269 g/mol. The summed E-state index contributed by atoms with van der Waals surface area (Å²) in [5, 5.41) is 17.0. The molecule has 2 heterocycles. The number of nitrogens with zero attached hydrogens (tertiary/aromatic N) is 2. The van der Waals surface area contributed by atoms with Crippen molar-refractivity contribution >= 4 is 23.6 Å². The van der Waals surface area contributed by atoms with Gasteiger partial charge >= 0.3 is 7.12 Å². The lowest BCUT2D eigenvalue weighted by atomic mass is 9.82. The van der Waals surface area contributed by atoms with Gasteiger partial charge in [0.1, 0.15) is 0 Å². The molecule has 0 spiro atoms. The van der Waals surface area contributed by atoms with Crippen LogP contribution in [-0.2, 0) is 9.31 Å². The Bertz CT molecular complexity index is 699. The van der Waals surface area contributed by atoms with Crippen molar-refractivity contribution in [3.8, 4) is 6.07 Å². The molecule has 3 rings (SSSR count). The third kappa shape index (κ3) is 1.82. The highest BCUT2D eigenvalue weighted by Crippen LogP contribution is 2.36. The van der Waals surface area contributed by atoms with Crippen LogP contribution < -0.4 is 5.59 Å². The van der Waals surface area contributed by atoms with Crippen molar-refractivity contribution in [1.82, 2.24) is 10.2 Å². The molecule has 0 amide bonds. The van der Waals surface area contributed by atoms with Gasteiger partial charge in [-0.2, -0.15) is 10.4 Å². The van der Waals surface area contributed by atoms with E-state index in [0.29, 0.717) is 5.56 Å². The highest BCUT2D eigenvalue weighted by Gasteiger charge is 2.52. The number of H-pyrrole nitrogens is 1. The topological polar surface area (TPSA) is 70.9 Å². The fourth-order valence-corrected chi connectivity index (χ4v) is 2.24. The minimum Gasteiger partial charge on any atom is -0.398 e. The molecular weight excluding hydrogens is 253 g/mol. The number of hydrogen-bond acceptors (Lipinski definition) is 4. The van der Waals surface area contributed by atoms with Gasteiger partial charge in [0.05, 0.1) is 33.9 Å². The summed E-state index contributed by atoms with van der Waals surface area (Å²) in [6.45, 7) is 8.05. The third-order valence-corrected chi connectivity index (χ3v) is 4.20. The van der Waals surface area contributed by atoms with Crippen molar-refractivity contribution in [1.29, 1.82) is 5.26 Å². The van der Waals surface area contributed by atoms with E-state index >= 15 is 0 Å². The van der Waals surface area contributed by atoms with Crippen LogP contribution in [0.4, 0.5) is 0 Å². The van der Waals surface area contributed by atoms with Crippen molar-refractivity contribution in [2.75, 3.05) is 0 Å². The van der Waals surface area contributed by atoms with E-state index in [0.717, 1.165) is 16.5 Å². The Labute approximate surface area is 118 Å². The van der Waals surface area contributed by atoms with Gasteiger partial charge in [-0.3, -0.25) is 5.10 Å². The average Bonchev–Trinajstić information content (AvgIpc) is 2.87. The van der Waals surface area contributed by atoms with E-state index in [1.807, 2.05) is 33.8 Å². The quantitative estimate of drug-likeness (QED) is 0.800. The van der Waals surface area contributed by atoms with Gasteiger partial charge in [-0.15, -0.1) is 0 Å². The van der Waals surface area contributed by atoms with Gasteiger partial charge in [0, 0.05) is 5.39 Å². The van der Waals surface area contributed by atoms with Gasteiger partial charge in [0.2, 0.25) is 0 Å². The van der Waals surface area contributed by atoms with Crippen LogP contribution >= 0.6 is 0 Å². The van der Waals surface area contributed by atoms with E-state index in [9.17, 15) is 0 Å². The fraction of sp³-hybridized carbons (Fsp3) is 0.429. The Balaban J connectivity index is 2.03. The molecule has 5 nitrogen and oxygen atoms in total. The van der Waals surface area contributed by atoms with Gasteiger partial charge in [0.15, 0.2) is 0 Å².